The predicted molar refractivity (Wildman–Crippen MR) is 59.4 cm³/mol. The van der Waals surface area contributed by atoms with Crippen molar-refractivity contribution in [3.63, 3.8) is 0 Å². The Kier molecular flexibility index (Phi) is 4.40. The van der Waals surface area contributed by atoms with Gasteiger partial charge in [0.05, 0.1) is 5.71 Å². The highest BCUT2D eigenvalue weighted by Crippen LogP contribution is 2.18. The molecule has 0 amide bonds. The molecule has 88 valence electrons. The molecule has 0 spiro atoms. The number of oxime groups is 1. The Bertz CT molecular complexity index is 391. The summed E-state index contributed by atoms with van der Waals surface area (Å²) < 4.78 is 25.5. The second-order valence-corrected chi connectivity index (χ2v) is 3.30. The molecule has 1 atom stereocenters. The SMILES string of the molecule is CC.C[C@H]1CON=C1c1ccc(F)c(F)c1. The Morgan fingerprint density at radius 2 is 1.94 bits per heavy atom. The molecule has 1 aromatic carbocycles. The molecule has 1 aliphatic heterocycles. The van der Waals surface area contributed by atoms with Crippen LogP contribution in [-0.4, -0.2) is 12.3 Å². The van der Waals surface area contributed by atoms with E-state index in [9.17, 15) is 8.78 Å². The van der Waals surface area contributed by atoms with E-state index in [2.05, 4.69) is 5.16 Å². The number of nitrogens with zero attached hydrogens (tertiary/aromatic N) is 1. The average Bonchev–Trinajstić information content (AvgIpc) is 2.72. The summed E-state index contributed by atoms with van der Waals surface area (Å²) in [4.78, 5) is 4.87. The first-order valence-corrected chi connectivity index (χ1v) is 5.34. The number of benzene rings is 1. The normalized spacial score (nSPS) is 18.3. The van der Waals surface area contributed by atoms with Crippen LogP contribution in [0.25, 0.3) is 0 Å². The van der Waals surface area contributed by atoms with Crippen molar-refractivity contribution < 1.29 is 13.6 Å². The largest absolute Gasteiger partial charge is 0.395 e. The van der Waals surface area contributed by atoms with Gasteiger partial charge in [-0.25, -0.2) is 8.78 Å². The van der Waals surface area contributed by atoms with Crippen LogP contribution in [0.4, 0.5) is 8.78 Å². The highest BCUT2D eigenvalue weighted by molar-refractivity contribution is 6.02. The van der Waals surface area contributed by atoms with Gasteiger partial charge in [0, 0.05) is 11.5 Å². The Balaban J connectivity index is 0.000000606. The lowest BCUT2D eigenvalue weighted by atomic mass is 10.00. The molecule has 0 aromatic heterocycles. The minimum Gasteiger partial charge on any atom is -0.395 e. The van der Waals surface area contributed by atoms with Crippen molar-refractivity contribution in [3.8, 4) is 0 Å². The van der Waals surface area contributed by atoms with Crippen LogP contribution in [0.1, 0.15) is 26.3 Å². The first-order valence-electron chi connectivity index (χ1n) is 5.34. The third kappa shape index (κ3) is 2.56. The summed E-state index contributed by atoms with van der Waals surface area (Å²) in [5.41, 5.74) is 1.25. The van der Waals surface area contributed by atoms with E-state index in [0.717, 1.165) is 12.1 Å². The molecule has 0 saturated carbocycles. The molecule has 0 radical (unpaired) electrons. The van der Waals surface area contributed by atoms with Gasteiger partial charge in [-0.15, -0.1) is 0 Å². The van der Waals surface area contributed by atoms with Crippen LogP contribution >= 0.6 is 0 Å². The van der Waals surface area contributed by atoms with Crippen LogP contribution in [-0.2, 0) is 4.84 Å². The summed E-state index contributed by atoms with van der Waals surface area (Å²) in [5, 5.41) is 3.79. The maximum atomic E-state index is 12.9. The summed E-state index contributed by atoms with van der Waals surface area (Å²) >= 11 is 0. The Hall–Kier alpha value is -1.45. The maximum absolute atomic E-state index is 12.9. The van der Waals surface area contributed by atoms with Crippen molar-refractivity contribution in [3.05, 3.63) is 35.4 Å². The van der Waals surface area contributed by atoms with Crippen molar-refractivity contribution in [2.75, 3.05) is 6.61 Å². The van der Waals surface area contributed by atoms with Crippen LogP contribution < -0.4 is 0 Å². The fourth-order valence-electron chi connectivity index (χ4n) is 1.38. The van der Waals surface area contributed by atoms with Gasteiger partial charge < -0.3 is 4.84 Å². The summed E-state index contributed by atoms with van der Waals surface area (Å²) in [6.45, 7) is 6.42. The van der Waals surface area contributed by atoms with E-state index in [-0.39, 0.29) is 5.92 Å². The van der Waals surface area contributed by atoms with E-state index in [1.54, 1.807) is 0 Å². The van der Waals surface area contributed by atoms with E-state index < -0.39 is 11.6 Å². The standard InChI is InChI=1S/C10H9F2NO.C2H6/c1-6-5-14-13-10(6)7-2-3-8(11)9(12)4-7;1-2/h2-4,6H,5H2,1H3;1-2H3/t6-;/m0./s1. The molecule has 2 nitrogen and oxygen atoms in total. The first-order chi connectivity index (χ1) is 7.68. The van der Waals surface area contributed by atoms with Crippen molar-refractivity contribution >= 4 is 5.71 Å². The minimum absolute atomic E-state index is 0.125. The van der Waals surface area contributed by atoms with Gasteiger partial charge in [-0.2, -0.15) is 0 Å². The lowest BCUT2D eigenvalue weighted by Crippen LogP contribution is -2.10. The van der Waals surface area contributed by atoms with Crippen molar-refractivity contribution in [1.29, 1.82) is 0 Å². The number of rotatable bonds is 1. The quantitative estimate of drug-likeness (QED) is 0.720. The molecule has 0 fully saturated rings. The van der Waals surface area contributed by atoms with Gasteiger partial charge in [0.2, 0.25) is 0 Å². The van der Waals surface area contributed by atoms with E-state index in [4.69, 9.17) is 4.84 Å². The lowest BCUT2D eigenvalue weighted by Gasteiger charge is -2.03. The molecule has 16 heavy (non-hydrogen) atoms. The molecule has 0 bridgehead atoms. The Morgan fingerprint density at radius 1 is 1.25 bits per heavy atom. The topological polar surface area (TPSA) is 21.6 Å². The van der Waals surface area contributed by atoms with Crippen LogP contribution in [0, 0.1) is 17.6 Å². The third-order valence-electron chi connectivity index (χ3n) is 2.17. The summed E-state index contributed by atoms with van der Waals surface area (Å²) in [7, 11) is 0. The fraction of sp³-hybridized carbons (Fsp3) is 0.417. The second kappa shape index (κ2) is 5.58. The lowest BCUT2D eigenvalue weighted by molar-refractivity contribution is 0.158. The molecule has 2 rings (SSSR count). The van der Waals surface area contributed by atoms with Crippen molar-refractivity contribution in [2.45, 2.75) is 20.8 Å². The molecule has 0 saturated heterocycles. The number of hydrogen-bond acceptors (Lipinski definition) is 2. The maximum Gasteiger partial charge on any atom is 0.159 e. The number of hydrogen-bond donors (Lipinski definition) is 0. The predicted octanol–water partition coefficient (Wildman–Crippen LogP) is 3.36. The van der Waals surface area contributed by atoms with E-state index in [1.807, 2.05) is 20.8 Å². The molecule has 0 N–H and O–H groups in total. The van der Waals surface area contributed by atoms with Gasteiger partial charge in [-0.05, 0) is 18.2 Å². The molecule has 0 aliphatic carbocycles. The number of halogens is 2. The van der Waals surface area contributed by atoms with Crippen LogP contribution in [0.5, 0.6) is 0 Å². The van der Waals surface area contributed by atoms with Gasteiger partial charge >= 0.3 is 0 Å². The zero-order valence-electron chi connectivity index (χ0n) is 9.63. The van der Waals surface area contributed by atoms with Crippen LogP contribution in [0.15, 0.2) is 23.4 Å². The van der Waals surface area contributed by atoms with Crippen molar-refractivity contribution in [2.24, 2.45) is 11.1 Å². The molecule has 1 heterocycles. The van der Waals surface area contributed by atoms with Gasteiger partial charge in [0.1, 0.15) is 6.61 Å². The molecular weight excluding hydrogens is 212 g/mol. The van der Waals surface area contributed by atoms with Crippen molar-refractivity contribution in [1.82, 2.24) is 0 Å². The van der Waals surface area contributed by atoms with Gasteiger partial charge in [-0.3, -0.25) is 0 Å². The third-order valence-corrected chi connectivity index (χ3v) is 2.17. The van der Waals surface area contributed by atoms with Gasteiger partial charge in [-0.1, -0.05) is 25.9 Å². The zero-order valence-corrected chi connectivity index (χ0v) is 9.63. The monoisotopic (exact) mass is 227 g/mol. The fourth-order valence-corrected chi connectivity index (χ4v) is 1.38. The first kappa shape index (κ1) is 12.6. The summed E-state index contributed by atoms with van der Waals surface area (Å²) in [6.07, 6.45) is 0. The van der Waals surface area contributed by atoms with Gasteiger partial charge in [0.25, 0.3) is 0 Å². The highest BCUT2D eigenvalue weighted by atomic mass is 19.2. The summed E-state index contributed by atoms with van der Waals surface area (Å²) in [5.74, 6) is -1.58. The molecule has 1 aliphatic rings. The Labute approximate surface area is 93.9 Å². The second-order valence-electron chi connectivity index (χ2n) is 3.30. The minimum atomic E-state index is -0.857. The van der Waals surface area contributed by atoms with E-state index in [1.165, 1.54) is 6.07 Å². The highest BCUT2D eigenvalue weighted by Gasteiger charge is 2.20. The molecule has 0 unspecified atom stereocenters. The molecular formula is C12H15F2NO. The van der Waals surface area contributed by atoms with Crippen LogP contribution in [0.3, 0.4) is 0 Å². The van der Waals surface area contributed by atoms with Crippen LogP contribution in [0.2, 0.25) is 0 Å². The molecule has 4 heteroatoms. The Morgan fingerprint density at radius 3 is 2.44 bits per heavy atom. The van der Waals surface area contributed by atoms with Gasteiger partial charge in [0.15, 0.2) is 11.6 Å². The smallest absolute Gasteiger partial charge is 0.159 e. The van der Waals surface area contributed by atoms with E-state index in [0.29, 0.717) is 17.9 Å². The zero-order chi connectivity index (χ0) is 12.1. The van der Waals surface area contributed by atoms with E-state index >= 15 is 0 Å². The average molecular weight is 227 g/mol. The summed E-state index contributed by atoms with van der Waals surface area (Å²) in [6, 6.07) is 3.74. The molecule has 1 aromatic rings.